The summed E-state index contributed by atoms with van der Waals surface area (Å²) in [5, 5.41) is 9.89. The van der Waals surface area contributed by atoms with E-state index in [0.29, 0.717) is 16.2 Å². The third kappa shape index (κ3) is 3.71. The Kier molecular flexibility index (Phi) is 4.76. The highest BCUT2D eigenvalue weighted by molar-refractivity contribution is 6.30. The van der Waals surface area contributed by atoms with Crippen LogP contribution in [0.15, 0.2) is 48.5 Å². The number of nitrogens with zero attached hydrogens (tertiary/aromatic N) is 1. The number of rotatable bonds is 3. The molecular weight excluding hydrogens is 286 g/mol. The molecule has 2 aromatic rings. The molecule has 104 valence electrons. The molecule has 0 atom stereocenters. The standard InChI is InChI=1S/C17H12ClNO2/c1-21-17(20)14-4-2-12(3-5-14)10-15(11-19)13-6-8-16(18)9-7-13/h2-10H,1H3/b15-10-. The van der Waals surface area contributed by atoms with Gasteiger partial charge in [0, 0.05) is 5.02 Å². The number of ether oxygens (including phenoxy) is 1. The summed E-state index contributed by atoms with van der Waals surface area (Å²) in [7, 11) is 1.34. The number of methoxy groups -OCH3 is 1. The fourth-order valence-electron chi connectivity index (χ4n) is 1.81. The van der Waals surface area contributed by atoms with E-state index in [2.05, 4.69) is 10.8 Å². The van der Waals surface area contributed by atoms with Crippen LogP contribution in [0.5, 0.6) is 0 Å². The van der Waals surface area contributed by atoms with Gasteiger partial charge in [-0.05, 0) is 41.5 Å². The van der Waals surface area contributed by atoms with E-state index in [1.807, 2.05) is 0 Å². The average Bonchev–Trinajstić information content (AvgIpc) is 2.53. The summed E-state index contributed by atoms with van der Waals surface area (Å²) in [6, 6.07) is 16.1. The molecule has 0 aliphatic rings. The van der Waals surface area contributed by atoms with Gasteiger partial charge >= 0.3 is 5.97 Å². The molecule has 0 aliphatic carbocycles. The quantitative estimate of drug-likeness (QED) is 0.485. The third-order valence-electron chi connectivity index (χ3n) is 2.92. The molecule has 0 amide bonds. The minimum atomic E-state index is -0.385. The first kappa shape index (κ1) is 14.8. The molecule has 0 N–H and O–H groups in total. The van der Waals surface area contributed by atoms with Crippen molar-refractivity contribution < 1.29 is 9.53 Å². The minimum Gasteiger partial charge on any atom is -0.465 e. The van der Waals surface area contributed by atoms with Crippen molar-refractivity contribution in [2.75, 3.05) is 7.11 Å². The summed E-state index contributed by atoms with van der Waals surface area (Å²) < 4.78 is 4.64. The van der Waals surface area contributed by atoms with Crippen LogP contribution in [0.25, 0.3) is 11.6 Å². The zero-order chi connectivity index (χ0) is 15.2. The number of carbonyl (C=O) groups excluding carboxylic acids is 1. The average molecular weight is 298 g/mol. The molecule has 0 spiro atoms. The van der Waals surface area contributed by atoms with Crippen LogP contribution in [-0.4, -0.2) is 13.1 Å². The lowest BCUT2D eigenvalue weighted by atomic mass is 10.0. The predicted octanol–water partition coefficient (Wildman–Crippen LogP) is 4.19. The lowest BCUT2D eigenvalue weighted by molar-refractivity contribution is 0.0601. The fourth-order valence-corrected chi connectivity index (χ4v) is 1.94. The van der Waals surface area contributed by atoms with Crippen molar-refractivity contribution in [2.45, 2.75) is 0 Å². The second kappa shape index (κ2) is 6.74. The van der Waals surface area contributed by atoms with Gasteiger partial charge < -0.3 is 4.74 Å². The highest BCUT2D eigenvalue weighted by atomic mass is 35.5. The van der Waals surface area contributed by atoms with Gasteiger partial charge in [-0.25, -0.2) is 4.79 Å². The van der Waals surface area contributed by atoms with Crippen molar-refractivity contribution in [1.82, 2.24) is 0 Å². The molecule has 2 rings (SSSR count). The molecule has 0 unspecified atom stereocenters. The van der Waals surface area contributed by atoms with Crippen molar-refractivity contribution >= 4 is 29.2 Å². The predicted molar refractivity (Wildman–Crippen MR) is 82.7 cm³/mol. The Balaban J connectivity index is 2.30. The molecule has 0 saturated heterocycles. The van der Waals surface area contributed by atoms with E-state index in [4.69, 9.17) is 11.6 Å². The molecular formula is C17H12ClNO2. The molecule has 3 nitrogen and oxygen atoms in total. The van der Waals surface area contributed by atoms with Gasteiger partial charge in [0.25, 0.3) is 0 Å². The lowest BCUT2D eigenvalue weighted by Gasteiger charge is -2.02. The van der Waals surface area contributed by atoms with Crippen LogP contribution < -0.4 is 0 Å². The van der Waals surface area contributed by atoms with Crippen molar-refractivity contribution in [3.05, 3.63) is 70.2 Å². The zero-order valence-electron chi connectivity index (χ0n) is 11.3. The van der Waals surface area contributed by atoms with Crippen LogP contribution >= 0.6 is 11.6 Å². The second-order valence-corrected chi connectivity index (χ2v) is 4.73. The maximum absolute atomic E-state index is 11.4. The molecule has 0 aromatic heterocycles. The van der Waals surface area contributed by atoms with Crippen LogP contribution in [-0.2, 0) is 4.74 Å². The number of hydrogen-bond donors (Lipinski definition) is 0. The topological polar surface area (TPSA) is 50.1 Å². The summed E-state index contributed by atoms with van der Waals surface area (Å²) >= 11 is 5.83. The largest absolute Gasteiger partial charge is 0.465 e. The molecule has 2 aromatic carbocycles. The van der Waals surface area contributed by atoms with Gasteiger partial charge in [0.05, 0.1) is 24.3 Å². The van der Waals surface area contributed by atoms with Crippen molar-refractivity contribution in [3.63, 3.8) is 0 Å². The molecule has 0 bridgehead atoms. The van der Waals surface area contributed by atoms with Gasteiger partial charge in [0.1, 0.15) is 0 Å². The van der Waals surface area contributed by atoms with Crippen LogP contribution in [0.2, 0.25) is 5.02 Å². The first-order chi connectivity index (χ1) is 10.1. The zero-order valence-corrected chi connectivity index (χ0v) is 12.1. The number of carbonyl (C=O) groups is 1. The normalized spacial score (nSPS) is 10.8. The molecule has 0 fully saturated rings. The Bertz CT molecular complexity index is 710. The van der Waals surface area contributed by atoms with E-state index in [1.165, 1.54) is 7.11 Å². The minimum absolute atomic E-state index is 0.385. The molecule has 0 aliphatic heterocycles. The Hall–Kier alpha value is -2.57. The van der Waals surface area contributed by atoms with Gasteiger partial charge in [-0.2, -0.15) is 5.26 Å². The number of halogens is 1. The molecule has 4 heteroatoms. The van der Waals surface area contributed by atoms with Gasteiger partial charge in [-0.3, -0.25) is 0 Å². The number of nitriles is 1. The molecule has 0 radical (unpaired) electrons. The molecule has 21 heavy (non-hydrogen) atoms. The van der Waals surface area contributed by atoms with Gasteiger partial charge in [-0.1, -0.05) is 35.9 Å². The van der Waals surface area contributed by atoms with E-state index >= 15 is 0 Å². The highest BCUT2D eigenvalue weighted by Gasteiger charge is 2.05. The van der Waals surface area contributed by atoms with Crippen LogP contribution in [0.1, 0.15) is 21.5 Å². The van der Waals surface area contributed by atoms with Crippen molar-refractivity contribution in [1.29, 1.82) is 5.26 Å². The monoisotopic (exact) mass is 297 g/mol. The van der Waals surface area contributed by atoms with Gasteiger partial charge in [0.15, 0.2) is 0 Å². The Morgan fingerprint density at radius 1 is 1.10 bits per heavy atom. The van der Waals surface area contributed by atoms with Gasteiger partial charge in [-0.15, -0.1) is 0 Å². The van der Waals surface area contributed by atoms with Crippen LogP contribution in [0.3, 0.4) is 0 Å². The summed E-state index contributed by atoms with van der Waals surface area (Å²) in [5.41, 5.74) is 2.62. The summed E-state index contributed by atoms with van der Waals surface area (Å²) in [6.07, 6.45) is 1.75. The van der Waals surface area contributed by atoms with Crippen LogP contribution in [0.4, 0.5) is 0 Å². The maximum atomic E-state index is 11.4. The van der Waals surface area contributed by atoms with Crippen molar-refractivity contribution in [2.24, 2.45) is 0 Å². The number of benzene rings is 2. The van der Waals surface area contributed by atoms with E-state index in [0.717, 1.165) is 11.1 Å². The smallest absolute Gasteiger partial charge is 0.337 e. The SMILES string of the molecule is COC(=O)c1ccc(/C=C(/C#N)c2ccc(Cl)cc2)cc1. The van der Waals surface area contributed by atoms with Crippen molar-refractivity contribution in [3.8, 4) is 6.07 Å². The fraction of sp³-hybridized carbons (Fsp3) is 0.0588. The molecule has 0 heterocycles. The highest BCUT2D eigenvalue weighted by Crippen LogP contribution is 2.20. The van der Waals surface area contributed by atoms with E-state index < -0.39 is 0 Å². The number of allylic oxidation sites excluding steroid dienone is 1. The number of esters is 1. The van der Waals surface area contributed by atoms with Gasteiger partial charge in [0.2, 0.25) is 0 Å². The van der Waals surface area contributed by atoms with Crippen LogP contribution in [0, 0.1) is 11.3 Å². The number of hydrogen-bond acceptors (Lipinski definition) is 3. The van der Waals surface area contributed by atoms with E-state index in [1.54, 1.807) is 54.6 Å². The molecule has 0 saturated carbocycles. The summed E-state index contributed by atoms with van der Waals surface area (Å²) in [6.45, 7) is 0. The Labute approximate surface area is 128 Å². The third-order valence-corrected chi connectivity index (χ3v) is 3.17. The lowest BCUT2D eigenvalue weighted by Crippen LogP contribution is -2.00. The first-order valence-corrected chi connectivity index (χ1v) is 6.58. The van der Waals surface area contributed by atoms with E-state index in [-0.39, 0.29) is 5.97 Å². The second-order valence-electron chi connectivity index (χ2n) is 4.29. The Morgan fingerprint density at radius 3 is 2.19 bits per heavy atom. The maximum Gasteiger partial charge on any atom is 0.337 e. The van der Waals surface area contributed by atoms with E-state index in [9.17, 15) is 10.1 Å². The first-order valence-electron chi connectivity index (χ1n) is 6.20. The Morgan fingerprint density at radius 2 is 1.67 bits per heavy atom. The summed E-state index contributed by atoms with van der Waals surface area (Å²) in [4.78, 5) is 11.4. The summed E-state index contributed by atoms with van der Waals surface area (Å²) in [5.74, 6) is -0.385.